The average molecular weight is 268 g/mol. The first kappa shape index (κ1) is 10.3. The summed E-state index contributed by atoms with van der Waals surface area (Å²) in [6, 6.07) is 6.14. The Hall–Kier alpha value is -1.21. The molecular formula is C11H7BrFNO. The lowest BCUT2D eigenvalue weighted by Gasteiger charge is -2.06. The molecule has 76 valence electrons. The van der Waals surface area contributed by atoms with Crippen LogP contribution < -0.4 is 0 Å². The van der Waals surface area contributed by atoms with Crippen molar-refractivity contribution >= 4 is 21.7 Å². The van der Waals surface area contributed by atoms with E-state index in [-0.39, 0.29) is 5.56 Å². The maximum Gasteiger partial charge on any atom is 0.186 e. The molecule has 0 heterocycles. The molecule has 0 radical (unpaired) electrons. The number of carbonyl (C=O) groups is 1. The van der Waals surface area contributed by atoms with Crippen LogP contribution in [0.1, 0.15) is 23.2 Å². The van der Waals surface area contributed by atoms with Gasteiger partial charge in [0.15, 0.2) is 5.78 Å². The van der Waals surface area contributed by atoms with Crippen LogP contribution in [0.2, 0.25) is 0 Å². The van der Waals surface area contributed by atoms with Gasteiger partial charge in [0, 0.05) is 4.47 Å². The molecule has 15 heavy (non-hydrogen) atoms. The molecule has 0 bridgehead atoms. The largest absolute Gasteiger partial charge is 0.292 e. The Morgan fingerprint density at radius 2 is 2.20 bits per heavy atom. The zero-order valence-electron chi connectivity index (χ0n) is 7.76. The zero-order chi connectivity index (χ0) is 11.1. The van der Waals surface area contributed by atoms with E-state index in [0.717, 1.165) is 0 Å². The summed E-state index contributed by atoms with van der Waals surface area (Å²) >= 11 is 3.17. The summed E-state index contributed by atoms with van der Waals surface area (Å²) in [7, 11) is 0. The molecule has 0 atom stereocenters. The van der Waals surface area contributed by atoms with Gasteiger partial charge in [0.25, 0.3) is 0 Å². The minimum absolute atomic E-state index is 0.00317. The van der Waals surface area contributed by atoms with Crippen molar-refractivity contribution in [3.05, 3.63) is 34.1 Å². The molecule has 0 saturated heterocycles. The normalized spacial score (nSPS) is 16.9. The van der Waals surface area contributed by atoms with Gasteiger partial charge in [0.2, 0.25) is 0 Å². The molecule has 4 heteroatoms. The van der Waals surface area contributed by atoms with Crippen molar-refractivity contribution in [2.75, 3.05) is 0 Å². The fourth-order valence-electron chi connectivity index (χ4n) is 1.44. The van der Waals surface area contributed by atoms with Crippen LogP contribution in [0.25, 0.3) is 0 Å². The molecule has 1 aliphatic carbocycles. The van der Waals surface area contributed by atoms with Gasteiger partial charge < -0.3 is 0 Å². The van der Waals surface area contributed by atoms with E-state index in [0.29, 0.717) is 17.3 Å². The lowest BCUT2D eigenvalue weighted by molar-refractivity contribution is 0.0930. The van der Waals surface area contributed by atoms with Gasteiger partial charge in [-0.3, -0.25) is 4.79 Å². The predicted molar refractivity (Wildman–Crippen MR) is 55.7 cm³/mol. The lowest BCUT2D eigenvalue weighted by atomic mass is 9.96. The van der Waals surface area contributed by atoms with Crippen molar-refractivity contribution in [3.63, 3.8) is 0 Å². The van der Waals surface area contributed by atoms with E-state index in [2.05, 4.69) is 15.9 Å². The van der Waals surface area contributed by atoms with Crippen LogP contribution in [0.3, 0.4) is 0 Å². The summed E-state index contributed by atoms with van der Waals surface area (Å²) in [6.45, 7) is 0. The van der Waals surface area contributed by atoms with Crippen LogP contribution >= 0.6 is 15.9 Å². The second kappa shape index (κ2) is 3.42. The number of halogens is 2. The molecular weight excluding hydrogens is 261 g/mol. The third kappa shape index (κ3) is 1.68. The average Bonchev–Trinajstić information content (AvgIpc) is 3.01. The molecule has 0 unspecified atom stereocenters. The molecule has 1 fully saturated rings. The van der Waals surface area contributed by atoms with E-state index in [4.69, 9.17) is 5.26 Å². The highest BCUT2D eigenvalue weighted by Gasteiger charge is 2.51. The van der Waals surface area contributed by atoms with Crippen LogP contribution in [-0.4, -0.2) is 5.78 Å². The number of benzene rings is 1. The summed E-state index contributed by atoms with van der Waals surface area (Å²) in [5.74, 6) is -0.964. The molecule has 0 aliphatic heterocycles. The first-order valence-electron chi connectivity index (χ1n) is 4.50. The molecule has 1 aliphatic rings. The Bertz CT molecular complexity index is 474. The fraction of sp³-hybridized carbons (Fsp3) is 0.273. The van der Waals surface area contributed by atoms with E-state index in [1.54, 1.807) is 0 Å². The van der Waals surface area contributed by atoms with Crippen LogP contribution in [0.15, 0.2) is 22.7 Å². The number of rotatable bonds is 2. The van der Waals surface area contributed by atoms with E-state index < -0.39 is 17.0 Å². The van der Waals surface area contributed by atoms with E-state index >= 15 is 0 Å². The topological polar surface area (TPSA) is 40.9 Å². The minimum atomic E-state index is -0.957. The predicted octanol–water partition coefficient (Wildman–Crippen LogP) is 3.07. The first-order chi connectivity index (χ1) is 7.09. The smallest absolute Gasteiger partial charge is 0.186 e. The van der Waals surface area contributed by atoms with Crippen molar-refractivity contribution in [1.29, 1.82) is 5.26 Å². The second-order valence-corrected chi connectivity index (χ2v) is 4.56. The third-order valence-corrected chi connectivity index (χ3v) is 3.06. The quantitative estimate of drug-likeness (QED) is 0.773. The van der Waals surface area contributed by atoms with Crippen LogP contribution in [0.5, 0.6) is 0 Å². The van der Waals surface area contributed by atoms with Crippen molar-refractivity contribution < 1.29 is 9.18 Å². The maximum absolute atomic E-state index is 13.4. The summed E-state index contributed by atoms with van der Waals surface area (Å²) in [5.41, 5.74) is -0.954. The van der Waals surface area contributed by atoms with Gasteiger partial charge in [-0.15, -0.1) is 0 Å². The lowest BCUT2D eigenvalue weighted by Crippen LogP contribution is -2.15. The van der Waals surface area contributed by atoms with Crippen LogP contribution in [0.4, 0.5) is 4.39 Å². The summed E-state index contributed by atoms with van der Waals surface area (Å²) < 4.78 is 14.0. The molecule has 1 saturated carbocycles. The van der Waals surface area contributed by atoms with Gasteiger partial charge in [-0.2, -0.15) is 5.26 Å². The van der Waals surface area contributed by atoms with Gasteiger partial charge >= 0.3 is 0 Å². The number of nitrogens with zero attached hydrogens (tertiary/aromatic N) is 1. The van der Waals surface area contributed by atoms with Gasteiger partial charge in [0.05, 0.1) is 11.6 Å². The summed E-state index contributed by atoms with van der Waals surface area (Å²) in [4.78, 5) is 11.8. The van der Waals surface area contributed by atoms with Crippen molar-refractivity contribution in [1.82, 2.24) is 0 Å². The van der Waals surface area contributed by atoms with Crippen LogP contribution in [0, 0.1) is 22.6 Å². The van der Waals surface area contributed by atoms with Gasteiger partial charge in [0.1, 0.15) is 11.2 Å². The molecule has 1 aromatic rings. The fourth-order valence-corrected chi connectivity index (χ4v) is 1.81. The Morgan fingerprint density at radius 3 is 2.73 bits per heavy atom. The third-order valence-electron chi connectivity index (χ3n) is 2.57. The van der Waals surface area contributed by atoms with E-state index in [1.165, 1.54) is 18.2 Å². The Morgan fingerprint density at radius 1 is 1.53 bits per heavy atom. The van der Waals surface area contributed by atoms with E-state index in [1.807, 2.05) is 6.07 Å². The molecule has 1 aromatic carbocycles. The Balaban J connectivity index is 2.43. The highest BCUT2D eigenvalue weighted by Crippen LogP contribution is 2.47. The van der Waals surface area contributed by atoms with Crippen molar-refractivity contribution in [2.24, 2.45) is 5.41 Å². The Labute approximate surface area is 94.8 Å². The van der Waals surface area contributed by atoms with Crippen molar-refractivity contribution in [3.8, 4) is 6.07 Å². The van der Waals surface area contributed by atoms with Crippen molar-refractivity contribution in [2.45, 2.75) is 12.8 Å². The van der Waals surface area contributed by atoms with Gasteiger partial charge in [-0.05, 0) is 31.0 Å². The summed E-state index contributed by atoms with van der Waals surface area (Å²) in [6.07, 6.45) is 1.07. The molecule has 0 aromatic heterocycles. The minimum Gasteiger partial charge on any atom is -0.292 e. The molecule has 0 spiro atoms. The molecule has 2 nitrogen and oxygen atoms in total. The zero-order valence-corrected chi connectivity index (χ0v) is 9.34. The monoisotopic (exact) mass is 267 g/mol. The Kier molecular flexibility index (Phi) is 2.35. The highest BCUT2D eigenvalue weighted by molar-refractivity contribution is 9.10. The molecule has 0 amide bonds. The number of carbonyl (C=O) groups excluding carboxylic acids is 1. The van der Waals surface area contributed by atoms with Gasteiger partial charge in [-0.1, -0.05) is 15.9 Å². The summed E-state index contributed by atoms with van der Waals surface area (Å²) in [5, 5.41) is 8.84. The van der Waals surface area contributed by atoms with Crippen LogP contribution in [-0.2, 0) is 0 Å². The highest BCUT2D eigenvalue weighted by atomic mass is 79.9. The van der Waals surface area contributed by atoms with E-state index in [9.17, 15) is 9.18 Å². The molecule has 0 N–H and O–H groups in total. The number of Topliss-reactive ketones (excluding diaryl/α,β-unsaturated/α-hetero) is 1. The number of hydrogen-bond acceptors (Lipinski definition) is 2. The SMILES string of the molecule is N#CC1(C(=O)c2cc(Br)ccc2F)CC1. The molecule has 2 rings (SSSR count). The number of nitriles is 1. The number of ketones is 1. The maximum atomic E-state index is 13.4. The first-order valence-corrected chi connectivity index (χ1v) is 5.29. The van der Waals surface area contributed by atoms with Gasteiger partial charge in [-0.25, -0.2) is 4.39 Å². The second-order valence-electron chi connectivity index (χ2n) is 3.65. The number of hydrogen-bond donors (Lipinski definition) is 0. The standard InChI is InChI=1S/C11H7BrFNO/c12-7-1-2-9(13)8(5-7)10(15)11(6-14)3-4-11/h1-2,5H,3-4H2.